The van der Waals surface area contributed by atoms with Gasteiger partial charge in [-0.05, 0) is 0 Å². The number of aliphatic carboxylic acids is 1. The molecule has 36 valence electrons. The van der Waals surface area contributed by atoms with E-state index >= 15 is 0 Å². The first kappa shape index (κ1) is 9.61. The van der Waals surface area contributed by atoms with Crippen molar-refractivity contribution in [2.45, 2.75) is 0 Å². The molecule has 0 saturated carbocycles. The standard InChI is InChI=1S/C2H4O3.Pb.2H/c3-1-2(4)5;;;/h3H,1H2,(H,4,5);;;. The van der Waals surface area contributed by atoms with Crippen molar-refractivity contribution in [1.82, 2.24) is 0 Å². The average Bonchev–Trinajstić information content (AvgIpc) is 1.38. The molecule has 0 aromatic rings. The van der Waals surface area contributed by atoms with Crippen molar-refractivity contribution in [2.75, 3.05) is 6.61 Å². The Morgan fingerprint density at radius 1 is 1.67 bits per heavy atom. The number of aliphatic hydroxyl groups excluding tert-OH is 1. The predicted molar refractivity (Wildman–Crippen MR) is 23.3 cm³/mol. The Bertz CT molecular complexity index is 44.1. The molecule has 2 radical (unpaired) electrons. The van der Waals surface area contributed by atoms with Gasteiger partial charge in [0.1, 0.15) is 6.61 Å². The van der Waals surface area contributed by atoms with Crippen LogP contribution >= 0.6 is 0 Å². The van der Waals surface area contributed by atoms with E-state index in [0.717, 1.165) is 0 Å². The fraction of sp³-hybridized carbons (Fsp3) is 0.500. The van der Waals surface area contributed by atoms with E-state index in [0.29, 0.717) is 0 Å². The van der Waals surface area contributed by atoms with Crippen molar-refractivity contribution in [3.8, 4) is 0 Å². The quantitative estimate of drug-likeness (QED) is 0.556. The number of aliphatic hydroxyl groups is 1. The molecule has 0 aromatic heterocycles. The second-order valence-corrected chi connectivity index (χ2v) is 0.552. The van der Waals surface area contributed by atoms with Gasteiger partial charge < -0.3 is 10.2 Å². The maximum absolute atomic E-state index is 9.12. The molecule has 3 nitrogen and oxygen atoms in total. The third-order valence-corrected chi connectivity index (χ3v) is 0.135. The molecule has 0 spiro atoms. The first-order valence-electron chi connectivity index (χ1n) is 1.10. The van der Waals surface area contributed by atoms with Gasteiger partial charge >= 0.3 is 33.3 Å². The van der Waals surface area contributed by atoms with Gasteiger partial charge in [0.2, 0.25) is 0 Å². The summed E-state index contributed by atoms with van der Waals surface area (Å²) in [5.74, 6) is -1.19. The molecule has 0 bridgehead atoms. The van der Waals surface area contributed by atoms with Crippen molar-refractivity contribution in [2.24, 2.45) is 0 Å². The zero-order chi connectivity index (χ0) is 4.28. The van der Waals surface area contributed by atoms with E-state index in [1.807, 2.05) is 0 Å². The molecular formula is C2H6O3Pb. The van der Waals surface area contributed by atoms with Crippen molar-refractivity contribution in [3.05, 3.63) is 0 Å². The zero-order valence-corrected chi connectivity index (χ0v) is 8.71. The van der Waals surface area contributed by atoms with Crippen molar-refractivity contribution >= 4 is 33.3 Å². The van der Waals surface area contributed by atoms with Crippen LogP contribution in [0.25, 0.3) is 0 Å². The van der Waals surface area contributed by atoms with Crippen LogP contribution in [-0.4, -0.2) is 50.1 Å². The summed E-state index contributed by atoms with van der Waals surface area (Å²) in [5, 5.41) is 15.0. The maximum atomic E-state index is 9.12. The van der Waals surface area contributed by atoms with E-state index in [-0.39, 0.29) is 27.3 Å². The van der Waals surface area contributed by atoms with E-state index in [1.54, 1.807) is 0 Å². The second kappa shape index (κ2) is 5.35. The van der Waals surface area contributed by atoms with Gasteiger partial charge in [0, 0.05) is 0 Å². The first-order chi connectivity index (χ1) is 2.27. The van der Waals surface area contributed by atoms with Crippen LogP contribution in [0.5, 0.6) is 0 Å². The average molecular weight is 285 g/mol. The molecule has 0 saturated heterocycles. The van der Waals surface area contributed by atoms with E-state index in [4.69, 9.17) is 15.0 Å². The molecule has 0 rings (SSSR count). The van der Waals surface area contributed by atoms with E-state index in [9.17, 15) is 0 Å². The molecule has 0 heterocycles. The van der Waals surface area contributed by atoms with Gasteiger partial charge in [-0.15, -0.1) is 0 Å². The van der Waals surface area contributed by atoms with Crippen LogP contribution in [-0.2, 0) is 4.79 Å². The summed E-state index contributed by atoms with van der Waals surface area (Å²) in [7, 11) is 0. The van der Waals surface area contributed by atoms with E-state index in [2.05, 4.69) is 0 Å². The number of hydrogen-bond donors (Lipinski definition) is 2. The van der Waals surface area contributed by atoms with Crippen molar-refractivity contribution in [1.29, 1.82) is 0 Å². The second-order valence-electron chi connectivity index (χ2n) is 0.552. The summed E-state index contributed by atoms with van der Waals surface area (Å²) in [6, 6.07) is 0. The third kappa shape index (κ3) is 8.84. The summed E-state index contributed by atoms with van der Waals surface area (Å²) in [4.78, 5) is 9.12. The summed E-state index contributed by atoms with van der Waals surface area (Å²) >= 11 is 0. The predicted octanol–water partition coefficient (Wildman–Crippen LogP) is -1.85. The Balaban J connectivity index is 0. The number of carboxylic acids is 1. The molecule has 2 N–H and O–H groups in total. The van der Waals surface area contributed by atoms with Crippen LogP contribution in [0.3, 0.4) is 0 Å². The normalized spacial score (nSPS) is 6.17. The Kier molecular flexibility index (Phi) is 8.57. The van der Waals surface area contributed by atoms with Crippen molar-refractivity contribution < 1.29 is 15.0 Å². The molecule has 0 aliphatic heterocycles. The SMILES string of the molecule is O=C(O)CO.[PbH2]. The number of hydrogen-bond acceptors (Lipinski definition) is 2. The molecule has 0 aliphatic rings. The summed E-state index contributed by atoms with van der Waals surface area (Å²) in [6.45, 7) is -0.778. The van der Waals surface area contributed by atoms with Crippen LogP contribution in [0.4, 0.5) is 0 Å². The molecule has 0 aromatic carbocycles. The molecule has 6 heavy (non-hydrogen) atoms. The van der Waals surface area contributed by atoms with Crippen LogP contribution in [0, 0.1) is 0 Å². The minimum atomic E-state index is -1.19. The molecule has 0 atom stereocenters. The van der Waals surface area contributed by atoms with Crippen LogP contribution in [0.2, 0.25) is 0 Å². The summed E-state index contributed by atoms with van der Waals surface area (Å²) in [5.41, 5.74) is 0. The number of carboxylic acid groups (broad SMARTS) is 1. The summed E-state index contributed by atoms with van der Waals surface area (Å²) in [6.07, 6.45) is 0. The van der Waals surface area contributed by atoms with Crippen LogP contribution < -0.4 is 0 Å². The Hall–Kier alpha value is 0.352. The Morgan fingerprint density at radius 3 is 1.83 bits per heavy atom. The molecule has 0 aliphatic carbocycles. The monoisotopic (exact) mass is 286 g/mol. The Labute approximate surface area is 55.1 Å². The molecular weight excluding hydrogens is 279 g/mol. The molecule has 4 heteroatoms. The fourth-order valence-corrected chi connectivity index (χ4v) is 0. The number of carbonyl (C=O) groups is 1. The topological polar surface area (TPSA) is 57.5 Å². The molecule has 0 fully saturated rings. The van der Waals surface area contributed by atoms with Gasteiger partial charge in [-0.25, -0.2) is 4.79 Å². The van der Waals surface area contributed by atoms with Gasteiger partial charge in [0.05, 0.1) is 0 Å². The van der Waals surface area contributed by atoms with E-state index in [1.165, 1.54) is 0 Å². The zero-order valence-electron chi connectivity index (χ0n) is 3.22. The van der Waals surface area contributed by atoms with Crippen molar-refractivity contribution in [3.63, 3.8) is 0 Å². The van der Waals surface area contributed by atoms with E-state index < -0.39 is 12.6 Å². The van der Waals surface area contributed by atoms with Gasteiger partial charge in [-0.2, -0.15) is 0 Å². The third-order valence-electron chi connectivity index (χ3n) is 0.135. The summed E-state index contributed by atoms with van der Waals surface area (Å²) < 4.78 is 0. The van der Waals surface area contributed by atoms with Crippen LogP contribution in [0.15, 0.2) is 0 Å². The van der Waals surface area contributed by atoms with Gasteiger partial charge in [-0.1, -0.05) is 0 Å². The fourth-order valence-electron chi connectivity index (χ4n) is 0. The van der Waals surface area contributed by atoms with Gasteiger partial charge in [0.25, 0.3) is 0 Å². The molecule has 0 amide bonds. The minimum absolute atomic E-state index is 0. The van der Waals surface area contributed by atoms with Gasteiger partial charge in [0.15, 0.2) is 0 Å². The van der Waals surface area contributed by atoms with Crippen LogP contribution in [0.1, 0.15) is 0 Å². The Morgan fingerprint density at radius 2 is 1.83 bits per heavy atom. The first-order valence-corrected chi connectivity index (χ1v) is 1.10. The van der Waals surface area contributed by atoms with Gasteiger partial charge in [-0.3, -0.25) is 0 Å². The number of rotatable bonds is 1. The molecule has 0 unspecified atom stereocenters.